The van der Waals surface area contributed by atoms with Crippen LogP contribution in [-0.2, 0) is 0 Å². The summed E-state index contributed by atoms with van der Waals surface area (Å²) < 4.78 is 210. The Morgan fingerprint density at radius 3 is 1.07 bits per heavy atom. The van der Waals surface area contributed by atoms with Crippen LogP contribution in [0.3, 0.4) is 0 Å². The lowest BCUT2D eigenvalue weighted by Crippen LogP contribution is -2.73. The van der Waals surface area contributed by atoms with Crippen LogP contribution in [-0.4, -0.2) is 73.8 Å². The first-order chi connectivity index (χ1) is 17.3. The maximum Gasteiger partial charge on any atom is 0.460 e. The fourth-order valence-corrected chi connectivity index (χ4v) is 2.72. The molecule has 0 bridgehead atoms. The number of hydrogen-bond acceptors (Lipinski definition) is 0. The van der Waals surface area contributed by atoms with Crippen LogP contribution in [0.1, 0.15) is 43.9 Å². The Labute approximate surface area is 217 Å². The molecule has 0 amide bonds. The molecule has 1 nitrogen and oxygen atoms in total. The molecular formula is C22H25F17N+. The lowest BCUT2D eigenvalue weighted by molar-refractivity contribution is -0.900. The summed E-state index contributed by atoms with van der Waals surface area (Å²) >= 11 is 0. The second kappa shape index (κ2) is 11.3. The van der Waals surface area contributed by atoms with Gasteiger partial charge >= 0.3 is 48.1 Å². The molecule has 0 aliphatic heterocycles. The molecule has 1 aromatic carbocycles. The summed E-state index contributed by atoms with van der Waals surface area (Å²) in [6.07, 6.45) is -13.6. The highest BCUT2D eigenvalue weighted by Gasteiger charge is 2.94. The molecule has 0 aromatic heterocycles. The van der Waals surface area contributed by atoms with E-state index >= 15 is 0 Å². The van der Waals surface area contributed by atoms with E-state index in [1.165, 1.54) is 11.1 Å². The molecule has 0 aliphatic carbocycles. The molecule has 40 heavy (non-hydrogen) atoms. The Morgan fingerprint density at radius 1 is 0.500 bits per heavy atom. The standard InChI is InChI=1S/C14H24N.C8HF17/c1-11(2)13-7-9-14(10-8-13)12(3)15(4,5)6;9-1(10)2(11,12)3(13,14)4(15,16)5(17,18)6(19,20)7(21,22)8(23,24)25/h7-12H,1-6H3;1H/q+1;. The van der Waals surface area contributed by atoms with Gasteiger partial charge in [0.15, 0.2) is 0 Å². The molecule has 1 atom stereocenters. The second-order valence-electron chi connectivity index (χ2n) is 9.91. The highest BCUT2D eigenvalue weighted by molar-refractivity contribution is 5.25. The topological polar surface area (TPSA) is 0 Å². The van der Waals surface area contributed by atoms with Gasteiger partial charge in [-0.1, -0.05) is 38.1 Å². The Bertz CT molecular complexity index is 957. The van der Waals surface area contributed by atoms with E-state index in [-0.39, 0.29) is 0 Å². The molecule has 0 heterocycles. The first-order valence-corrected chi connectivity index (χ1v) is 10.8. The largest absolute Gasteiger partial charge is 0.460 e. The molecule has 0 spiro atoms. The van der Waals surface area contributed by atoms with Crippen LogP contribution in [0.4, 0.5) is 74.6 Å². The van der Waals surface area contributed by atoms with Crippen molar-refractivity contribution in [2.75, 3.05) is 21.1 Å². The predicted molar refractivity (Wildman–Crippen MR) is 109 cm³/mol. The van der Waals surface area contributed by atoms with E-state index < -0.39 is 48.1 Å². The summed E-state index contributed by atoms with van der Waals surface area (Å²) in [7, 11) is 6.71. The van der Waals surface area contributed by atoms with Crippen LogP contribution in [0.2, 0.25) is 0 Å². The third-order valence-corrected chi connectivity index (χ3v) is 5.87. The summed E-state index contributed by atoms with van der Waals surface area (Å²) in [5.74, 6) is -48.6. The van der Waals surface area contributed by atoms with Crippen LogP contribution in [0, 0.1) is 0 Å². The smallest absolute Gasteiger partial charge is 0.325 e. The third-order valence-electron chi connectivity index (χ3n) is 5.87. The minimum atomic E-state index is -8.54. The first-order valence-electron chi connectivity index (χ1n) is 10.8. The fourth-order valence-electron chi connectivity index (χ4n) is 2.72. The molecule has 18 heteroatoms. The second-order valence-corrected chi connectivity index (χ2v) is 9.91. The minimum Gasteiger partial charge on any atom is -0.325 e. The zero-order valence-electron chi connectivity index (χ0n) is 21.4. The van der Waals surface area contributed by atoms with Crippen molar-refractivity contribution in [3.8, 4) is 0 Å². The number of nitrogens with zero attached hydrogens (tertiary/aromatic N) is 1. The van der Waals surface area contributed by atoms with Crippen LogP contribution in [0.25, 0.3) is 0 Å². The number of halogens is 17. The van der Waals surface area contributed by atoms with Crippen LogP contribution in [0.15, 0.2) is 24.3 Å². The SMILES string of the molecule is CC(C)c1ccc(C(C)[N+](C)(C)C)cc1.FC(F)C(F)(F)C(F)(F)C(F)(F)C(F)(F)C(F)(F)C(F)(F)C(F)(F)F. The van der Waals surface area contributed by atoms with Gasteiger partial charge in [0, 0.05) is 5.56 Å². The van der Waals surface area contributed by atoms with Crippen molar-refractivity contribution in [3.63, 3.8) is 0 Å². The number of rotatable bonds is 9. The van der Waals surface area contributed by atoms with Crippen molar-refractivity contribution < 1.29 is 79.1 Å². The van der Waals surface area contributed by atoms with E-state index in [9.17, 15) is 74.6 Å². The summed E-state index contributed by atoms with van der Waals surface area (Å²) in [4.78, 5) is 0. The number of benzene rings is 1. The van der Waals surface area contributed by atoms with E-state index in [0.29, 0.717) is 12.0 Å². The normalized spacial score (nSPS) is 15.7. The summed E-state index contributed by atoms with van der Waals surface area (Å²) in [5, 5.41) is 0. The average Bonchev–Trinajstić information content (AvgIpc) is 2.76. The Hall–Kier alpha value is -2.01. The Kier molecular flexibility index (Phi) is 10.8. The summed E-state index contributed by atoms with van der Waals surface area (Å²) in [6, 6.07) is 9.59. The van der Waals surface area contributed by atoms with Gasteiger partial charge in [-0.2, -0.15) is 65.9 Å². The molecule has 0 radical (unpaired) electrons. The minimum absolute atomic E-state index is 0.547. The van der Waals surface area contributed by atoms with E-state index in [0.717, 1.165) is 4.48 Å². The molecule has 1 rings (SSSR count). The van der Waals surface area contributed by atoms with Gasteiger partial charge in [0.05, 0.1) is 21.1 Å². The van der Waals surface area contributed by atoms with Crippen LogP contribution < -0.4 is 0 Å². The lowest BCUT2D eigenvalue weighted by atomic mass is 9.91. The molecule has 0 saturated carbocycles. The highest BCUT2D eigenvalue weighted by Crippen LogP contribution is 2.62. The molecule has 236 valence electrons. The lowest BCUT2D eigenvalue weighted by Gasteiger charge is -2.41. The van der Waals surface area contributed by atoms with Gasteiger partial charge in [-0.25, -0.2) is 8.78 Å². The van der Waals surface area contributed by atoms with E-state index in [4.69, 9.17) is 0 Å². The first kappa shape index (κ1) is 38.0. The van der Waals surface area contributed by atoms with Gasteiger partial charge in [0.2, 0.25) is 0 Å². The number of quaternary nitrogens is 1. The maximum atomic E-state index is 12.8. The molecule has 1 unspecified atom stereocenters. The summed E-state index contributed by atoms with van der Waals surface area (Å²) in [6.45, 7) is 6.75. The molecule has 1 aromatic rings. The van der Waals surface area contributed by atoms with Crippen molar-refractivity contribution in [2.45, 2.75) is 80.9 Å². The van der Waals surface area contributed by atoms with Crippen LogP contribution in [0.5, 0.6) is 0 Å². The maximum absolute atomic E-state index is 12.8. The highest BCUT2D eigenvalue weighted by atomic mass is 19.4. The Morgan fingerprint density at radius 2 is 0.800 bits per heavy atom. The van der Waals surface area contributed by atoms with E-state index in [1.54, 1.807) is 0 Å². The quantitative estimate of drug-likeness (QED) is 0.190. The van der Waals surface area contributed by atoms with Crippen molar-refractivity contribution in [2.24, 2.45) is 0 Å². The number of hydrogen-bond donors (Lipinski definition) is 0. The van der Waals surface area contributed by atoms with Gasteiger partial charge < -0.3 is 4.48 Å². The zero-order chi connectivity index (χ0) is 32.7. The van der Waals surface area contributed by atoms with Crippen molar-refractivity contribution in [3.05, 3.63) is 35.4 Å². The van der Waals surface area contributed by atoms with E-state index in [1.807, 2.05) is 0 Å². The molecule has 0 aliphatic rings. The predicted octanol–water partition coefficient (Wildman–Crippen LogP) is 9.20. The molecule has 0 N–H and O–H groups in total. The Balaban J connectivity index is 0.000000858. The number of alkyl halides is 17. The van der Waals surface area contributed by atoms with Crippen molar-refractivity contribution >= 4 is 0 Å². The third kappa shape index (κ3) is 6.55. The molecular weight excluding hydrogens is 601 g/mol. The van der Waals surface area contributed by atoms with Gasteiger partial charge in [0.1, 0.15) is 6.04 Å². The summed E-state index contributed by atoms with van der Waals surface area (Å²) in [5.41, 5.74) is 2.85. The van der Waals surface area contributed by atoms with Crippen LogP contribution >= 0.6 is 0 Å². The van der Waals surface area contributed by atoms with Gasteiger partial charge in [-0.3, -0.25) is 0 Å². The van der Waals surface area contributed by atoms with Gasteiger partial charge in [-0.15, -0.1) is 0 Å². The van der Waals surface area contributed by atoms with Gasteiger partial charge in [-0.05, 0) is 18.4 Å². The van der Waals surface area contributed by atoms with Crippen molar-refractivity contribution in [1.29, 1.82) is 0 Å². The zero-order valence-corrected chi connectivity index (χ0v) is 21.4. The van der Waals surface area contributed by atoms with Gasteiger partial charge in [0.25, 0.3) is 0 Å². The average molecular weight is 626 g/mol. The van der Waals surface area contributed by atoms with Crippen molar-refractivity contribution in [1.82, 2.24) is 0 Å². The van der Waals surface area contributed by atoms with E-state index in [2.05, 4.69) is 66.2 Å². The fraction of sp³-hybridized carbons (Fsp3) is 0.727. The monoisotopic (exact) mass is 626 g/mol. The molecule has 0 fully saturated rings. The molecule has 0 saturated heterocycles.